The van der Waals surface area contributed by atoms with Crippen molar-refractivity contribution >= 4 is 6.29 Å². The number of carbonyl (C=O) groups excluding carboxylic acids is 1. The van der Waals surface area contributed by atoms with E-state index in [4.69, 9.17) is 20.4 Å². The van der Waals surface area contributed by atoms with Crippen molar-refractivity contribution in [3.63, 3.8) is 0 Å². The smallest absolute Gasteiger partial charge is 0.151 e. The molecule has 1 saturated carbocycles. The Kier molecular flexibility index (Phi) is 8.50. The second-order valence-electron chi connectivity index (χ2n) is 3.63. The van der Waals surface area contributed by atoms with Crippen molar-refractivity contribution in [2.45, 2.75) is 50.4 Å². The van der Waals surface area contributed by atoms with Crippen LogP contribution in [0.2, 0.25) is 0 Å². The largest absolute Gasteiger partial charge is 0.394 e. The van der Waals surface area contributed by atoms with Gasteiger partial charge in [-0.2, -0.15) is 0 Å². The monoisotopic (exact) mass is 220 g/mol. The molecular formula is C10H20O5. The predicted molar refractivity (Wildman–Crippen MR) is 54.3 cm³/mol. The molecule has 0 heterocycles. The standard InChI is InChI=1S/C5H10O5.C5H10/c6-1-3(8)5(10)4(9)2-7;1-2-4-5-3-1/h1,3-5,7-10H,2H2;1-5H2/t3-,4+,5-;/m0./s1. The molecule has 1 rings (SSSR count). The van der Waals surface area contributed by atoms with Crippen molar-refractivity contribution in [2.75, 3.05) is 6.61 Å². The number of aliphatic hydroxyl groups excluding tert-OH is 4. The Morgan fingerprint density at radius 1 is 1.00 bits per heavy atom. The van der Waals surface area contributed by atoms with Crippen molar-refractivity contribution < 1.29 is 25.2 Å². The zero-order valence-electron chi connectivity index (χ0n) is 8.75. The van der Waals surface area contributed by atoms with Gasteiger partial charge in [-0.1, -0.05) is 32.1 Å². The summed E-state index contributed by atoms with van der Waals surface area (Å²) in [6, 6.07) is 0. The van der Waals surface area contributed by atoms with Gasteiger partial charge in [0.25, 0.3) is 0 Å². The van der Waals surface area contributed by atoms with Crippen LogP contribution in [0.1, 0.15) is 32.1 Å². The van der Waals surface area contributed by atoms with Gasteiger partial charge in [-0.25, -0.2) is 0 Å². The number of carbonyl (C=O) groups is 1. The lowest BCUT2D eigenvalue weighted by Gasteiger charge is -2.16. The lowest BCUT2D eigenvalue weighted by atomic mass is 10.1. The summed E-state index contributed by atoms with van der Waals surface area (Å²) in [5.74, 6) is 0. The van der Waals surface area contributed by atoms with Crippen LogP contribution in [-0.4, -0.2) is 51.6 Å². The van der Waals surface area contributed by atoms with Crippen LogP contribution in [0.15, 0.2) is 0 Å². The quantitative estimate of drug-likeness (QED) is 0.465. The number of aliphatic hydroxyl groups is 4. The topological polar surface area (TPSA) is 98.0 Å². The van der Waals surface area contributed by atoms with E-state index in [0.29, 0.717) is 0 Å². The van der Waals surface area contributed by atoms with Crippen LogP contribution < -0.4 is 0 Å². The molecule has 0 aliphatic heterocycles. The highest BCUT2D eigenvalue weighted by atomic mass is 16.4. The van der Waals surface area contributed by atoms with E-state index in [-0.39, 0.29) is 6.29 Å². The van der Waals surface area contributed by atoms with Crippen LogP contribution >= 0.6 is 0 Å². The van der Waals surface area contributed by atoms with Crippen LogP contribution in [0.4, 0.5) is 0 Å². The predicted octanol–water partition coefficient (Wildman–Crippen LogP) is -0.789. The first-order valence-corrected chi connectivity index (χ1v) is 5.23. The molecule has 0 saturated heterocycles. The number of hydrogen-bond donors (Lipinski definition) is 4. The summed E-state index contributed by atoms with van der Waals surface area (Å²) < 4.78 is 0. The SMILES string of the molecule is C1CCCC1.O=C[C@H](O)[C@H](O)[C@H](O)CO. The minimum absolute atomic E-state index is 0.0869. The lowest BCUT2D eigenvalue weighted by Crippen LogP contribution is -2.40. The zero-order valence-corrected chi connectivity index (χ0v) is 8.75. The molecule has 0 aromatic carbocycles. The average molecular weight is 220 g/mol. The summed E-state index contributed by atoms with van der Waals surface area (Å²) in [5.41, 5.74) is 0. The number of hydrogen-bond acceptors (Lipinski definition) is 5. The minimum atomic E-state index is -1.64. The Labute approximate surface area is 89.4 Å². The fraction of sp³-hybridized carbons (Fsp3) is 0.900. The molecule has 0 amide bonds. The second kappa shape index (κ2) is 8.79. The van der Waals surface area contributed by atoms with E-state index >= 15 is 0 Å². The molecule has 0 spiro atoms. The first-order chi connectivity index (χ1) is 7.13. The summed E-state index contributed by atoms with van der Waals surface area (Å²) in [4.78, 5) is 9.76. The molecule has 15 heavy (non-hydrogen) atoms. The van der Waals surface area contributed by atoms with Crippen molar-refractivity contribution in [2.24, 2.45) is 0 Å². The Morgan fingerprint density at radius 3 is 1.67 bits per heavy atom. The summed E-state index contributed by atoms with van der Waals surface area (Å²) in [6.07, 6.45) is 2.87. The van der Waals surface area contributed by atoms with Gasteiger partial charge in [0.15, 0.2) is 6.29 Å². The number of rotatable bonds is 4. The fourth-order valence-electron chi connectivity index (χ4n) is 1.30. The van der Waals surface area contributed by atoms with Crippen LogP contribution in [0.25, 0.3) is 0 Å². The fourth-order valence-corrected chi connectivity index (χ4v) is 1.30. The van der Waals surface area contributed by atoms with Gasteiger partial charge in [-0.05, 0) is 0 Å². The third-order valence-electron chi connectivity index (χ3n) is 2.32. The van der Waals surface area contributed by atoms with Crippen LogP contribution in [-0.2, 0) is 4.79 Å². The summed E-state index contributed by atoms with van der Waals surface area (Å²) >= 11 is 0. The van der Waals surface area contributed by atoms with Crippen LogP contribution in [0.5, 0.6) is 0 Å². The van der Waals surface area contributed by atoms with E-state index in [0.717, 1.165) is 0 Å². The number of aldehydes is 1. The molecule has 1 aliphatic rings. The highest BCUT2D eigenvalue weighted by Gasteiger charge is 2.22. The molecule has 1 aliphatic carbocycles. The molecule has 0 aromatic heterocycles. The third-order valence-corrected chi connectivity index (χ3v) is 2.32. The third kappa shape index (κ3) is 6.57. The van der Waals surface area contributed by atoms with Crippen molar-refractivity contribution in [1.82, 2.24) is 0 Å². The van der Waals surface area contributed by atoms with Gasteiger partial charge in [0, 0.05) is 0 Å². The molecule has 4 N–H and O–H groups in total. The maximum absolute atomic E-state index is 9.76. The van der Waals surface area contributed by atoms with Crippen molar-refractivity contribution in [1.29, 1.82) is 0 Å². The maximum atomic E-state index is 9.76. The molecule has 0 unspecified atom stereocenters. The molecule has 0 bridgehead atoms. The lowest BCUT2D eigenvalue weighted by molar-refractivity contribution is -0.127. The van der Waals surface area contributed by atoms with Gasteiger partial charge in [0.2, 0.25) is 0 Å². The normalized spacial score (nSPS) is 21.1. The first-order valence-electron chi connectivity index (χ1n) is 5.23. The molecular weight excluding hydrogens is 200 g/mol. The van der Waals surface area contributed by atoms with Crippen molar-refractivity contribution in [3.05, 3.63) is 0 Å². The van der Waals surface area contributed by atoms with E-state index in [9.17, 15) is 4.79 Å². The Hall–Kier alpha value is -0.490. The van der Waals surface area contributed by atoms with Gasteiger partial charge in [-0.15, -0.1) is 0 Å². The maximum Gasteiger partial charge on any atom is 0.151 e. The molecule has 3 atom stereocenters. The highest BCUT2D eigenvalue weighted by molar-refractivity contribution is 5.56. The summed E-state index contributed by atoms with van der Waals surface area (Å²) in [6.45, 7) is -0.688. The van der Waals surface area contributed by atoms with E-state index in [1.807, 2.05) is 0 Å². The Bertz CT molecular complexity index is 150. The zero-order chi connectivity index (χ0) is 11.7. The van der Waals surface area contributed by atoms with Crippen molar-refractivity contribution in [3.8, 4) is 0 Å². The molecule has 0 radical (unpaired) electrons. The van der Waals surface area contributed by atoms with Gasteiger partial charge in [0.05, 0.1) is 6.61 Å². The van der Waals surface area contributed by atoms with E-state index in [1.54, 1.807) is 0 Å². The van der Waals surface area contributed by atoms with E-state index in [1.165, 1.54) is 32.1 Å². The first kappa shape index (κ1) is 14.5. The Morgan fingerprint density at radius 2 is 1.40 bits per heavy atom. The molecule has 5 heteroatoms. The van der Waals surface area contributed by atoms with Gasteiger partial charge in [-0.3, -0.25) is 0 Å². The van der Waals surface area contributed by atoms with E-state index in [2.05, 4.69) is 0 Å². The molecule has 1 fully saturated rings. The van der Waals surface area contributed by atoms with Crippen LogP contribution in [0, 0.1) is 0 Å². The minimum Gasteiger partial charge on any atom is -0.394 e. The van der Waals surface area contributed by atoms with Crippen LogP contribution in [0.3, 0.4) is 0 Å². The van der Waals surface area contributed by atoms with E-state index < -0.39 is 24.9 Å². The molecule has 5 nitrogen and oxygen atoms in total. The van der Waals surface area contributed by atoms with Gasteiger partial charge >= 0.3 is 0 Å². The summed E-state index contributed by atoms with van der Waals surface area (Å²) in [7, 11) is 0. The summed E-state index contributed by atoms with van der Waals surface area (Å²) in [5, 5.41) is 34.1. The van der Waals surface area contributed by atoms with Gasteiger partial charge < -0.3 is 25.2 Å². The molecule has 0 aromatic rings. The second-order valence-corrected chi connectivity index (χ2v) is 3.63. The van der Waals surface area contributed by atoms with Gasteiger partial charge in [0.1, 0.15) is 18.3 Å². The molecule has 90 valence electrons. The highest BCUT2D eigenvalue weighted by Crippen LogP contribution is 2.15. The average Bonchev–Trinajstić information content (AvgIpc) is 2.84. The Balaban J connectivity index is 0.000000322.